The van der Waals surface area contributed by atoms with Crippen molar-refractivity contribution < 1.29 is 32.6 Å². The molecule has 0 unspecified atom stereocenters. The first kappa shape index (κ1) is 26.3. The average Bonchev–Trinajstić information content (AvgIpc) is 3.13. The Morgan fingerprint density at radius 1 is 1.12 bits per heavy atom. The topological polar surface area (TPSA) is 90.3 Å². The third kappa shape index (κ3) is 4.31. The summed E-state index contributed by atoms with van der Waals surface area (Å²) in [6, 6.07) is 10.9. The molecule has 0 bridgehead atoms. The molecule has 2 atom stereocenters. The van der Waals surface area contributed by atoms with Crippen molar-refractivity contribution in [2.24, 2.45) is 0 Å². The van der Waals surface area contributed by atoms with E-state index in [9.17, 15) is 18.8 Å². The van der Waals surface area contributed by atoms with E-state index in [1.807, 2.05) is 29.3 Å². The third-order valence-corrected chi connectivity index (χ3v) is 8.43. The zero-order valence-corrected chi connectivity index (χ0v) is 22.3. The molecular weight excluding hydrogens is 544 g/mol. The highest BCUT2D eigenvalue weighted by molar-refractivity contribution is 7.98. The summed E-state index contributed by atoms with van der Waals surface area (Å²) < 4.78 is 47.4. The first-order valence-corrected chi connectivity index (χ1v) is 13.7. The third-order valence-electron chi connectivity index (χ3n) is 7.31. The second-order valence-electron chi connectivity index (χ2n) is 9.47. The fraction of sp³-hybridized carbons (Fsp3) is 0.321. The Bertz CT molecular complexity index is 1560. The van der Waals surface area contributed by atoms with E-state index in [1.54, 1.807) is 15.6 Å². The van der Waals surface area contributed by atoms with Gasteiger partial charge < -0.3 is 19.1 Å². The van der Waals surface area contributed by atoms with Gasteiger partial charge in [-0.05, 0) is 23.3 Å². The number of hydrogen-bond acceptors (Lipinski definition) is 8. The van der Waals surface area contributed by atoms with E-state index in [1.165, 1.54) is 31.1 Å². The highest BCUT2D eigenvalue weighted by Gasteiger charge is 2.46. The zero-order valence-electron chi connectivity index (χ0n) is 21.5. The van der Waals surface area contributed by atoms with Crippen LogP contribution in [0.25, 0.3) is 0 Å². The normalized spacial score (nSPS) is 19.6. The zero-order chi connectivity index (χ0) is 28.0. The summed E-state index contributed by atoms with van der Waals surface area (Å²) in [5.74, 6) is -2.80. The van der Waals surface area contributed by atoms with Gasteiger partial charge >= 0.3 is 5.97 Å². The maximum atomic E-state index is 15.3. The van der Waals surface area contributed by atoms with E-state index in [-0.39, 0.29) is 48.9 Å². The Morgan fingerprint density at radius 3 is 2.77 bits per heavy atom. The molecule has 1 amide bonds. The minimum atomic E-state index is -0.939. The van der Waals surface area contributed by atoms with Crippen molar-refractivity contribution in [3.8, 4) is 5.75 Å². The number of benzene rings is 2. The summed E-state index contributed by atoms with van der Waals surface area (Å²) in [6.07, 6.45) is 0.740. The van der Waals surface area contributed by atoms with Crippen molar-refractivity contribution in [2.45, 2.75) is 29.3 Å². The van der Waals surface area contributed by atoms with Crippen molar-refractivity contribution in [3.05, 3.63) is 92.9 Å². The van der Waals surface area contributed by atoms with Crippen LogP contribution in [0.3, 0.4) is 0 Å². The molecule has 4 heterocycles. The molecule has 1 saturated heterocycles. The Morgan fingerprint density at radius 2 is 1.95 bits per heavy atom. The first-order chi connectivity index (χ1) is 19.4. The monoisotopic (exact) mass is 569 g/mol. The summed E-state index contributed by atoms with van der Waals surface area (Å²) in [5.41, 5.74) is 1.04. The molecule has 3 aliphatic rings. The number of fused-ring (bicyclic) bond motifs is 4. The van der Waals surface area contributed by atoms with Crippen LogP contribution in [0, 0.1) is 11.6 Å². The number of carbonyl (C=O) groups excluding carboxylic acids is 2. The van der Waals surface area contributed by atoms with Gasteiger partial charge in [0.05, 0.1) is 39.4 Å². The van der Waals surface area contributed by atoms with E-state index in [0.29, 0.717) is 12.2 Å². The molecule has 208 valence electrons. The number of hydrogen-bond donors (Lipinski definition) is 0. The van der Waals surface area contributed by atoms with E-state index in [0.717, 1.165) is 16.5 Å². The summed E-state index contributed by atoms with van der Waals surface area (Å²) in [6.45, 7) is 0.521. The lowest BCUT2D eigenvalue weighted by Gasteiger charge is -2.51. The Kier molecular flexibility index (Phi) is 6.97. The number of nitrogens with zero attached hydrogens (tertiary/aromatic N) is 3. The predicted octanol–water partition coefficient (Wildman–Crippen LogP) is 3.21. The van der Waals surface area contributed by atoms with Crippen LogP contribution >= 0.6 is 11.8 Å². The predicted molar refractivity (Wildman–Crippen MR) is 141 cm³/mol. The number of aromatic nitrogens is 1. The number of rotatable bonds is 5. The number of esters is 1. The number of pyridine rings is 1. The lowest BCUT2D eigenvalue weighted by molar-refractivity contribution is -0.141. The van der Waals surface area contributed by atoms with Gasteiger partial charge in [0.2, 0.25) is 5.43 Å². The first-order valence-electron chi connectivity index (χ1n) is 12.7. The maximum absolute atomic E-state index is 15.3. The van der Waals surface area contributed by atoms with Crippen LogP contribution in [-0.4, -0.2) is 61.1 Å². The smallest absolute Gasteiger partial charge is 0.308 e. The van der Waals surface area contributed by atoms with Crippen molar-refractivity contribution in [1.82, 2.24) is 9.58 Å². The van der Waals surface area contributed by atoms with Crippen molar-refractivity contribution in [3.63, 3.8) is 0 Å². The number of thioether (sulfide) groups is 1. The van der Waals surface area contributed by atoms with Gasteiger partial charge in [-0.1, -0.05) is 24.3 Å². The van der Waals surface area contributed by atoms with E-state index in [2.05, 4.69) is 4.74 Å². The van der Waals surface area contributed by atoms with Gasteiger partial charge in [0.15, 0.2) is 23.1 Å². The number of methoxy groups -OCH3 is 1. The van der Waals surface area contributed by atoms with Gasteiger partial charge in [0.25, 0.3) is 5.91 Å². The lowest BCUT2D eigenvalue weighted by Crippen LogP contribution is -2.66. The van der Waals surface area contributed by atoms with Crippen LogP contribution in [0.1, 0.15) is 39.6 Å². The number of morpholine rings is 1. The summed E-state index contributed by atoms with van der Waals surface area (Å²) in [4.78, 5) is 41.0. The molecule has 0 N–H and O–H groups in total. The number of carbonyl (C=O) groups is 2. The Balaban J connectivity index is 1.58. The molecule has 0 aliphatic carbocycles. The molecule has 3 aromatic rings. The number of amides is 1. The van der Waals surface area contributed by atoms with Gasteiger partial charge in [-0.2, -0.15) is 0 Å². The molecule has 40 heavy (non-hydrogen) atoms. The minimum absolute atomic E-state index is 0.0194. The molecule has 1 fully saturated rings. The van der Waals surface area contributed by atoms with Gasteiger partial charge in [0.1, 0.15) is 6.17 Å². The Labute approximate surface area is 232 Å². The summed E-state index contributed by atoms with van der Waals surface area (Å²) >= 11 is 1.40. The average molecular weight is 570 g/mol. The molecule has 2 aromatic carbocycles. The minimum Gasteiger partial charge on any atom is -0.487 e. The van der Waals surface area contributed by atoms with Gasteiger partial charge in [-0.3, -0.25) is 24.1 Å². The highest BCUT2D eigenvalue weighted by Crippen LogP contribution is 2.45. The fourth-order valence-electron chi connectivity index (χ4n) is 5.45. The Hall–Kier alpha value is -3.90. The largest absolute Gasteiger partial charge is 0.487 e. The second-order valence-corrected chi connectivity index (χ2v) is 10.5. The lowest BCUT2D eigenvalue weighted by atomic mass is 9.93. The molecule has 6 rings (SSSR count). The molecule has 1 aromatic heterocycles. The molecule has 12 heteroatoms. The van der Waals surface area contributed by atoms with Gasteiger partial charge in [-0.25, -0.2) is 8.78 Å². The van der Waals surface area contributed by atoms with E-state index in [4.69, 9.17) is 9.47 Å². The quantitative estimate of drug-likeness (QED) is 0.433. The van der Waals surface area contributed by atoms with Crippen LogP contribution in [0.15, 0.2) is 58.4 Å². The SMILES string of the molecule is COC(=O)CCOc1c2n(ccc1=O)N([C@@H]1c3ccccc3SCc3c1ccc(F)c3F)[C@@H]1COCCN1C2=O. The van der Waals surface area contributed by atoms with Crippen LogP contribution in [0.2, 0.25) is 0 Å². The summed E-state index contributed by atoms with van der Waals surface area (Å²) in [7, 11) is 1.25. The van der Waals surface area contributed by atoms with Crippen LogP contribution in [-0.2, 0) is 20.0 Å². The molecule has 0 saturated carbocycles. The molecular formula is C28H25F2N3O6S. The highest BCUT2D eigenvalue weighted by atomic mass is 32.2. The number of halogens is 2. The van der Waals surface area contributed by atoms with Crippen LogP contribution < -0.4 is 15.2 Å². The van der Waals surface area contributed by atoms with Crippen LogP contribution in [0.4, 0.5) is 8.78 Å². The van der Waals surface area contributed by atoms with Gasteiger partial charge in [0, 0.05) is 35.0 Å². The van der Waals surface area contributed by atoms with Crippen LogP contribution in [0.5, 0.6) is 5.75 Å². The number of ether oxygens (including phenoxy) is 3. The molecule has 9 nitrogen and oxygen atoms in total. The standard InChI is InChI=1S/C28H25F2N3O6S/c1-37-23(35)9-12-39-27-20(34)8-10-32-26(27)28(36)31-11-13-38-14-22(31)33(32)25-16-6-7-19(29)24(30)18(16)15-40-21-5-3-2-4-17(21)25/h2-8,10,22,25H,9,11-15H2,1H3/t22-,25+/m1/s1. The van der Waals surface area contributed by atoms with Crippen molar-refractivity contribution >= 4 is 23.6 Å². The fourth-order valence-corrected chi connectivity index (χ4v) is 6.56. The van der Waals surface area contributed by atoms with Crippen molar-refractivity contribution in [2.75, 3.05) is 38.5 Å². The molecule has 3 aliphatic heterocycles. The summed E-state index contributed by atoms with van der Waals surface area (Å²) in [5, 5.41) is 1.86. The van der Waals surface area contributed by atoms with E-state index < -0.39 is 41.1 Å². The van der Waals surface area contributed by atoms with Gasteiger partial charge in [-0.15, -0.1) is 11.8 Å². The van der Waals surface area contributed by atoms with Crippen molar-refractivity contribution in [1.29, 1.82) is 0 Å². The second kappa shape index (κ2) is 10.6. The maximum Gasteiger partial charge on any atom is 0.308 e. The molecule has 0 spiro atoms. The van der Waals surface area contributed by atoms with E-state index >= 15 is 4.39 Å². The molecule has 0 radical (unpaired) electrons.